The van der Waals surface area contributed by atoms with Crippen molar-refractivity contribution in [1.29, 1.82) is 0 Å². The van der Waals surface area contributed by atoms with E-state index in [1.165, 1.54) is 6.07 Å². The van der Waals surface area contributed by atoms with Crippen LogP contribution in [0.4, 0.5) is 0 Å². The lowest BCUT2D eigenvalue weighted by Crippen LogP contribution is -2.09. The maximum Gasteiger partial charge on any atom is 0.337 e. The van der Waals surface area contributed by atoms with Crippen molar-refractivity contribution in [2.75, 3.05) is 0 Å². The Kier molecular flexibility index (Phi) is 2.55. The first-order valence-electron chi connectivity index (χ1n) is 5.01. The number of carboxylic acid groups (broad SMARTS) is 2. The van der Waals surface area contributed by atoms with E-state index in [-0.39, 0.29) is 11.1 Å². The number of carbonyl (C=O) groups is 2. The number of benzene rings is 2. The zero-order chi connectivity index (χ0) is 12.6. The van der Waals surface area contributed by atoms with E-state index in [0.29, 0.717) is 5.39 Å². The molecular weight excluding hydrogens is 220 g/mol. The Morgan fingerprint density at radius 3 is 2.12 bits per heavy atom. The maximum atomic E-state index is 11.2. The summed E-state index contributed by atoms with van der Waals surface area (Å²) in [6, 6.07) is 8.29. The molecule has 0 saturated carbocycles. The molecule has 0 heterocycles. The molecule has 4 nitrogen and oxygen atoms in total. The van der Waals surface area contributed by atoms with Gasteiger partial charge in [0.05, 0.1) is 11.1 Å². The first kappa shape index (κ1) is 11.1. The van der Waals surface area contributed by atoms with Crippen LogP contribution < -0.4 is 0 Å². The zero-order valence-corrected chi connectivity index (χ0v) is 9.10. The van der Waals surface area contributed by atoms with Gasteiger partial charge < -0.3 is 10.2 Å². The highest BCUT2D eigenvalue weighted by Crippen LogP contribution is 2.26. The van der Waals surface area contributed by atoms with Gasteiger partial charge in [0.25, 0.3) is 0 Å². The van der Waals surface area contributed by atoms with Crippen LogP contribution in [0, 0.1) is 6.92 Å². The van der Waals surface area contributed by atoms with Crippen LogP contribution in [0.5, 0.6) is 0 Å². The third-order valence-corrected chi connectivity index (χ3v) is 2.70. The molecule has 0 amide bonds. The summed E-state index contributed by atoms with van der Waals surface area (Å²) in [5.74, 6) is -2.45. The molecule has 2 rings (SSSR count). The molecule has 2 aromatic rings. The van der Waals surface area contributed by atoms with Crippen LogP contribution in [-0.2, 0) is 0 Å². The average molecular weight is 230 g/mol. The Bertz CT molecular complexity index is 629. The van der Waals surface area contributed by atoms with Gasteiger partial charge >= 0.3 is 11.9 Å². The Balaban J connectivity index is 2.98. The molecule has 2 N–H and O–H groups in total. The second-order valence-electron chi connectivity index (χ2n) is 3.77. The SMILES string of the molecule is Cc1cc(C(=O)O)c(C(=O)O)c2ccccc12. The highest BCUT2D eigenvalue weighted by Gasteiger charge is 2.20. The third kappa shape index (κ3) is 1.73. The molecule has 0 radical (unpaired) electrons. The lowest BCUT2D eigenvalue weighted by Gasteiger charge is -2.09. The number of aromatic carboxylic acids is 2. The lowest BCUT2D eigenvalue weighted by molar-refractivity contribution is 0.0653. The predicted octanol–water partition coefficient (Wildman–Crippen LogP) is 2.54. The van der Waals surface area contributed by atoms with Gasteiger partial charge in [-0.05, 0) is 29.3 Å². The van der Waals surface area contributed by atoms with Gasteiger partial charge in [0.2, 0.25) is 0 Å². The smallest absolute Gasteiger partial charge is 0.337 e. The van der Waals surface area contributed by atoms with Gasteiger partial charge in [-0.2, -0.15) is 0 Å². The van der Waals surface area contributed by atoms with E-state index in [0.717, 1.165) is 10.9 Å². The first-order valence-corrected chi connectivity index (χ1v) is 5.01. The van der Waals surface area contributed by atoms with Crippen molar-refractivity contribution in [1.82, 2.24) is 0 Å². The molecule has 0 fully saturated rings. The first-order chi connectivity index (χ1) is 8.02. The summed E-state index contributed by atoms with van der Waals surface area (Å²) in [7, 11) is 0. The quantitative estimate of drug-likeness (QED) is 0.831. The van der Waals surface area contributed by atoms with Crippen molar-refractivity contribution in [3.05, 3.63) is 47.0 Å². The highest BCUT2D eigenvalue weighted by atomic mass is 16.4. The molecule has 0 spiro atoms. The molecule has 0 aliphatic carbocycles. The molecule has 17 heavy (non-hydrogen) atoms. The Hall–Kier alpha value is -2.36. The normalized spacial score (nSPS) is 10.4. The summed E-state index contributed by atoms with van der Waals surface area (Å²) < 4.78 is 0. The molecule has 0 saturated heterocycles. The van der Waals surface area contributed by atoms with Crippen molar-refractivity contribution in [2.45, 2.75) is 6.92 Å². The van der Waals surface area contributed by atoms with Crippen LogP contribution in [0.1, 0.15) is 26.3 Å². The maximum absolute atomic E-state index is 11.2. The standard InChI is InChI=1S/C13H10O4/c1-7-6-10(12(14)15)11(13(16)17)9-5-3-2-4-8(7)9/h2-6H,1H3,(H,14,15)(H,16,17). The molecule has 0 aliphatic heterocycles. The number of carboxylic acids is 2. The number of hydrogen-bond acceptors (Lipinski definition) is 2. The van der Waals surface area contributed by atoms with Gasteiger partial charge in [-0.1, -0.05) is 24.3 Å². The molecule has 2 aromatic carbocycles. The average Bonchev–Trinajstić information content (AvgIpc) is 2.28. The van der Waals surface area contributed by atoms with Crippen LogP contribution in [-0.4, -0.2) is 22.2 Å². The number of aryl methyl sites for hydroxylation is 1. The minimum absolute atomic E-state index is 0.154. The molecule has 0 aliphatic rings. The third-order valence-electron chi connectivity index (χ3n) is 2.70. The fourth-order valence-corrected chi connectivity index (χ4v) is 1.96. The number of rotatable bonds is 2. The second-order valence-corrected chi connectivity index (χ2v) is 3.77. The Morgan fingerprint density at radius 2 is 1.59 bits per heavy atom. The van der Waals surface area contributed by atoms with Crippen molar-refractivity contribution in [2.24, 2.45) is 0 Å². The van der Waals surface area contributed by atoms with Crippen molar-refractivity contribution >= 4 is 22.7 Å². The molecule has 0 atom stereocenters. The van der Waals surface area contributed by atoms with Gasteiger partial charge in [-0.15, -0.1) is 0 Å². The summed E-state index contributed by atoms with van der Waals surface area (Å²) in [5, 5.41) is 19.4. The highest BCUT2D eigenvalue weighted by molar-refractivity contribution is 6.12. The van der Waals surface area contributed by atoms with Crippen LogP contribution in [0.2, 0.25) is 0 Å². The van der Waals surface area contributed by atoms with E-state index in [9.17, 15) is 9.59 Å². The summed E-state index contributed by atoms with van der Waals surface area (Å²) in [6.45, 7) is 1.76. The zero-order valence-electron chi connectivity index (χ0n) is 9.10. The predicted molar refractivity (Wildman–Crippen MR) is 62.6 cm³/mol. The molecule has 86 valence electrons. The molecule has 4 heteroatoms. The van der Waals surface area contributed by atoms with E-state index >= 15 is 0 Å². The molecule has 0 aromatic heterocycles. The van der Waals surface area contributed by atoms with Crippen LogP contribution in [0.15, 0.2) is 30.3 Å². The van der Waals surface area contributed by atoms with Gasteiger partial charge in [-0.25, -0.2) is 9.59 Å². The summed E-state index contributed by atoms with van der Waals surface area (Å²) in [6.07, 6.45) is 0. The largest absolute Gasteiger partial charge is 0.478 e. The number of fused-ring (bicyclic) bond motifs is 1. The Morgan fingerprint density at radius 1 is 1.00 bits per heavy atom. The molecular formula is C13H10O4. The van der Waals surface area contributed by atoms with Gasteiger partial charge in [0.15, 0.2) is 0 Å². The summed E-state index contributed by atoms with van der Waals surface area (Å²) in [5.41, 5.74) is 0.426. The number of hydrogen-bond donors (Lipinski definition) is 2. The van der Waals surface area contributed by atoms with Crippen LogP contribution >= 0.6 is 0 Å². The molecule has 0 bridgehead atoms. The van der Waals surface area contributed by atoms with Crippen molar-refractivity contribution in [3.63, 3.8) is 0 Å². The molecule has 0 unspecified atom stereocenters. The van der Waals surface area contributed by atoms with E-state index in [1.54, 1.807) is 31.2 Å². The fraction of sp³-hybridized carbons (Fsp3) is 0.0769. The van der Waals surface area contributed by atoms with Crippen LogP contribution in [0.3, 0.4) is 0 Å². The topological polar surface area (TPSA) is 74.6 Å². The van der Waals surface area contributed by atoms with Crippen molar-refractivity contribution < 1.29 is 19.8 Å². The van der Waals surface area contributed by atoms with Crippen LogP contribution in [0.25, 0.3) is 10.8 Å². The van der Waals surface area contributed by atoms with Gasteiger partial charge in [0.1, 0.15) is 0 Å². The van der Waals surface area contributed by atoms with Gasteiger partial charge in [-0.3, -0.25) is 0 Å². The lowest BCUT2D eigenvalue weighted by atomic mass is 9.95. The van der Waals surface area contributed by atoms with E-state index < -0.39 is 11.9 Å². The minimum Gasteiger partial charge on any atom is -0.478 e. The minimum atomic E-state index is -1.23. The van der Waals surface area contributed by atoms with E-state index in [2.05, 4.69) is 0 Å². The van der Waals surface area contributed by atoms with Crippen molar-refractivity contribution in [3.8, 4) is 0 Å². The Labute approximate surface area is 97.1 Å². The monoisotopic (exact) mass is 230 g/mol. The van der Waals surface area contributed by atoms with Gasteiger partial charge in [0, 0.05) is 0 Å². The van der Waals surface area contributed by atoms with E-state index in [4.69, 9.17) is 10.2 Å². The fourth-order valence-electron chi connectivity index (χ4n) is 1.96. The van der Waals surface area contributed by atoms with E-state index in [1.807, 2.05) is 0 Å². The summed E-state index contributed by atoms with van der Waals surface area (Å²) in [4.78, 5) is 22.2. The second kappa shape index (κ2) is 3.90. The summed E-state index contributed by atoms with van der Waals surface area (Å²) >= 11 is 0.